The highest BCUT2D eigenvalue weighted by Crippen LogP contribution is 2.15. The molecule has 0 saturated carbocycles. The molecule has 2 aromatic rings. The number of hydrogen-bond donors (Lipinski definition) is 0. The highest BCUT2D eigenvalue weighted by Gasteiger charge is 2.18. The number of aromatic nitrogens is 4. The number of hydrogen-bond acceptors (Lipinski definition) is 5. The molecule has 2 heterocycles. The molecular weight excluding hydrogens is 220 g/mol. The molecule has 0 amide bonds. The lowest BCUT2D eigenvalue weighted by Gasteiger charge is -2.13. The molecule has 1 unspecified atom stereocenters. The molecule has 0 saturated heterocycles. The van der Waals surface area contributed by atoms with Gasteiger partial charge < -0.3 is 9.30 Å². The maximum absolute atomic E-state index is 11.5. The summed E-state index contributed by atoms with van der Waals surface area (Å²) in [5.41, 5.74) is 0.382. The molecule has 0 aliphatic rings. The summed E-state index contributed by atoms with van der Waals surface area (Å²) >= 11 is 0. The van der Waals surface area contributed by atoms with Gasteiger partial charge >= 0.3 is 5.97 Å². The van der Waals surface area contributed by atoms with E-state index in [1.165, 1.54) is 13.3 Å². The summed E-state index contributed by atoms with van der Waals surface area (Å²) in [6.07, 6.45) is 6.35. The SMILES string of the molecule is COC(=O)c1cncn1C(C)c1ncccn1. The van der Waals surface area contributed by atoms with Crippen LogP contribution in [0.3, 0.4) is 0 Å². The number of imidazole rings is 1. The van der Waals surface area contributed by atoms with Crippen LogP contribution in [0, 0.1) is 0 Å². The lowest BCUT2D eigenvalue weighted by atomic mass is 10.3. The molecule has 2 aromatic heterocycles. The van der Waals surface area contributed by atoms with Crippen molar-refractivity contribution in [1.29, 1.82) is 0 Å². The zero-order chi connectivity index (χ0) is 12.3. The lowest BCUT2D eigenvalue weighted by Crippen LogP contribution is -2.16. The highest BCUT2D eigenvalue weighted by molar-refractivity contribution is 5.87. The van der Waals surface area contributed by atoms with Crippen molar-refractivity contribution in [2.75, 3.05) is 7.11 Å². The molecule has 0 bridgehead atoms. The van der Waals surface area contributed by atoms with Crippen molar-refractivity contribution in [2.45, 2.75) is 13.0 Å². The number of rotatable bonds is 3. The summed E-state index contributed by atoms with van der Waals surface area (Å²) in [7, 11) is 1.34. The average molecular weight is 232 g/mol. The minimum Gasteiger partial charge on any atom is -0.464 e. The van der Waals surface area contributed by atoms with Crippen molar-refractivity contribution in [2.24, 2.45) is 0 Å². The van der Waals surface area contributed by atoms with E-state index in [9.17, 15) is 4.79 Å². The molecule has 0 radical (unpaired) electrons. The quantitative estimate of drug-likeness (QED) is 0.740. The predicted molar refractivity (Wildman–Crippen MR) is 59.4 cm³/mol. The fraction of sp³-hybridized carbons (Fsp3) is 0.273. The highest BCUT2D eigenvalue weighted by atomic mass is 16.5. The summed E-state index contributed by atoms with van der Waals surface area (Å²) in [4.78, 5) is 23.7. The smallest absolute Gasteiger partial charge is 0.356 e. The third-order valence-corrected chi connectivity index (χ3v) is 2.44. The second-order valence-electron chi connectivity index (χ2n) is 3.46. The topological polar surface area (TPSA) is 69.9 Å². The maximum atomic E-state index is 11.5. The summed E-state index contributed by atoms with van der Waals surface area (Å²) in [6.45, 7) is 1.89. The van der Waals surface area contributed by atoms with E-state index in [-0.39, 0.29) is 6.04 Å². The van der Waals surface area contributed by atoms with Crippen LogP contribution in [-0.2, 0) is 4.74 Å². The van der Waals surface area contributed by atoms with Crippen LogP contribution in [0.4, 0.5) is 0 Å². The van der Waals surface area contributed by atoms with Crippen LogP contribution in [0.15, 0.2) is 31.0 Å². The van der Waals surface area contributed by atoms with Gasteiger partial charge in [-0.25, -0.2) is 19.7 Å². The van der Waals surface area contributed by atoms with Crippen molar-refractivity contribution in [3.05, 3.63) is 42.5 Å². The van der Waals surface area contributed by atoms with E-state index in [0.29, 0.717) is 11.5 Å². The van der Waals surface area contributed by atoms with E-state index < -0.39 is 5.97 Å². The zero-order valence-electron chi connectivity index (χ0n) is 9.57. The number of carbonyl (C=O) groups excluding carboxylic acids is 1. The molecule has 88 valence electrons. The number of methoxy groups -OCH3 is 1. The number of nitrogens with zero attached hydrogens (tertiary/aromatic N) is 4. The first-order valence-electron chi connectivity index (χ1n) is 5.11. The van der Waals surface area contributed by atoms with Crippen LogP contribution in [0.2, 0.25) is 0 Å². The van der Waals surface area contributed by atoms with Crippen molar-refractivity contribution in [1.82, 2.24) is 19.5 Å². The van der Waals surface area contributed by atoms with Crippen LogP contribution in [0.5, 0.6) is 0 Å². The summed E-state index contributed by atoms with van der Waals surface area (Å²) < 4.78 is 6.36. The Morgan fingerprint density at radius 1 is 1.41 bits per heavy atom. The van der Waals surface area contributed by atoms with Gasteiger partial charge in [-0.3, -0.25) is 0 Å². The molecule has 17 heavy (non-hydrogen) atoms. The van der Waals surface area contributed by atoms with Crippen LogP contribution in [0.1, 0.15) is 29.3 Å². The normalized spacial score (nSPS) is 12.1. The van der Waals surface area contributed by atoms with Crippen molar-refractivity contribution in [3.8, 4) is 0 Å². The Labute approximate surface area is 98.3 Å². The molecule has 1 atom stereocenters. The standard InChI is InChI=1S/C11H12N4O2/c1-8(10-13-4-3-5-14-10)15-7-12-6-9(15)11(16)17-2/h3-8H,1-2H3. The molecular formula is C11H12N4O2. The van der Waals surface area contributed by atoms with Crippen LogP contribution < -0.4 is 0 Å². The fourth-order valence-corrected chi connectivity index (χ4v) is 1.53. The first-order chi connectivity index (χ1) is 8.24. The van der Waals surface area contributed by atoms with Gasteiger partial charge in [-0.05, 0) is 13.0 Å². The predicted octanol–water partition coefficient (Wildman–Crippen LogP) is 1.07. The van der Waals surface area contributed by atoms with E-state index in [1.54, 1.807) is 29.4 Å². The van der Waals surface area contributed by atoms with Crippen LogP contribution in [0.25, 0.3) is 0 Å². The summed E-state index contributed by atoms with van der Waals surface area (Å²) in [5.74, 6) is 0.195. The van der Waals surface area contributed by atoms with Gasteiger partial charge in [0.1, 0.15) is 5.69 Å². The third-order valence-electron chi connectivity index (χ3n) is 2.44. The van der Waals surface area contributed by atoms with Crippen LogP contribution >= 0.6 is 0 Å². The molecule has 0 aliphatic heterocycles. The Morgan fingerprint density at radius 3 is 2.76 bits per heavy atom. The van der Waals surface area contributed by atoms with Crippen molar-refractivity contribution < 1.29 is 9.53 Å². The molecule has 0 aromatic carbocycles. The van der Waals surface area contributed by atoms with Crippen LogP contribution in [-0.4, -0.2) is 32.6 Å². The largest absolute Gasteiger partial charge is 0.464 e. The van der Waals surface area contributed by atoms with E-state index in [1.807, 2.05) is 6.92 Å². The maximum Gasteiger partial charge on any atom is 0.356 e. The van der Waals surface area contributed by atoms with E-state index in [2.05, 4.69) is 19.7 Å². The second kappa shape index (κ2) is 4.73. The number of ether oxygens (including phenoxy) is 1. The van der Waals surface area contributed by atoms with Crippen molar-refractivity contribution in [3.63, 3.8) is 0 Å². The van der Waals surface area contributed by atoms with Gasteiger partial charge in [0.05, 0.1) is 25.7 Å². The van der Waals surface area contributed by atoms with Gasteiger partial charge in [-0.15, -0.1) is 0 Å². The van der Waals surface area contributed by atoms with E-state index in [0.717, 1.165) is 0 Å². The van der Waals surface area contributed by atoms with E-state index in [4.69, 9.17) is 0 Å². The van der Waals surface area contributed by atoms with E-state index >= 15 is 0 Å². The minimum absolute atomic E-state index is 0.173. The van der Waals surface area contributed by atoms with Gasteiger partial charge in [0.25, 0.3) is 0 Å². The van der Waals surface area contributed by atoms with Gasteiger partial charge in [0.2, 0.25) is 0 Å². The van der Waals surface area contributed by atoms with Crippen molar-refractivity contribution >= 4 is 5.97 Å². The average Bonchev–Trinajstić information content (AvgIpc) is 2.87. The molecule has 0 aliphatic carbocycles. The number of carbonyl (C=O) groups is 1. The molecule has 0 spiro atoms. The molecule has 6 heteroatoms. The minimum atomic E-state index is -0.426. The number of esters is 1. The first kappa shape index (κ1) is 11.3. The van der Waals surface area contributed by atoms with Gasteiger partial charge in [-0.1, -0.05) is 0 Å². The third kappa shape index (κ3) is 2.15. The van der Waals surface area contributed by atoms with Gasteiger partial charge in [0.15, 0.2) is 5.82 Å². The Morgan fingerprint density at radius 2 is 2.12 bits per heavy atom. The zero-order valence-corrected chi connectivity index (χ0v) is 9.57. The Balaban J connectivity index is 2.35. The van der Waals surface area contributed by atoms with Gasteiger partial charge in [0, 0.05) is 12.4 Å². The van der Waals surface area contributed by atoms with Gasteiger partial charge in [-0.2, -0.15) is 0 Å². The fourth-order valence-electron chi connectivity index (χ4n) is 1.53. The lowest BCUT2D eigenvalue weighted by molar-refractivity contribution is 0.0587. The Hall–Kier alpha value is -2.24. The Bertz CT molecular complexity index is 509. The second-order valence-corrected chi connectivity index (χ2v) is 3.46. The monoisotopic (exact) mass is 232 g/mol. The molecule has 0 fully saturated rings. The summed E-state index contributed by atoms with van der Waals surface area (Å²) in [6, 6.07) is 1.57. The summed E-state index contributed by atoms with van der Waals surface area (Å²) in [5, 5.41) is 0. The molecule has 0 N–H and O–H groups in total. The molecule has 2 rings (SSSR count). The first-order valence-corrected chi connectivity index (χ1v) is 5.11. The molecule has 6 nitrogen and oxygen atoms in total. The Kier molecular flexibility index (Phi) is 3.13.